The van der Waals surface area contributed by atoms with E-state index >= 15 is 0 Å². The van der Waals surface area contributed by atoms with Crippen LogP contribution >= 0.6 is 0 Å². The number of ether oxygens (including phenoxy) is 3. The molecule has 1 amide bonds. The van der Waals surface area contributed by atoms with Gasteiger partial charge in [0, 0.05) is 18.6 Å². The first-order chi connectivity index (χ1) is 13.1. The number of benzene rings is 2. The number of carbonyl (C=O) groups is 1. The Morgan fingerprint density at radius 1 is 1.07 bits per heavy atom. The third kappa shape index (κ3) is 5.65. The van der Waals surface area contributed by atoms with Crippen LogP contribution in [0.3, 0.4) is 0 Å². The van der Waals surface area contributed by atoms with E-state index in [1.54, 1.807) is 19.2 Å². The minimum Gasteiger partial charge on any atom is -0.497 e. The van der Waals surface area contributed by atoms with Gasteiger partial charge in [0.25, 0.3) is 0 Å². The van der Waals surface area contributed by atoms with Crippen molar-refractivity contribution in [1.82, 2.24) is 0 Å². The maximum Gasteiger partial charge on any atom is 0.224 e. The summed E-state index contributed by atoms with van der Waals surface area (Å²) in [4.78, 5) is 12.3. The molecule has 0 heterocycles. The van der Waals surface area contributed by atoms with Gasteiger partial charge in [-0.2, -0.15) is 5.26 Å². The van der Waals surface area contributed by atoms with E-state index in [1.807, 2.05) is 38.1 Å². The van der Waals surface area contributed by atoms with Crippen molar-refractivity contribution in [3.05, 3.63) is 47.5 Å². The van der Waals surface area contributed by atoms with E-state index in [2.05, 4.69) is 11.4 Å². The predicted octanol–water partition coefficient (Wildman–Crippen LogP) is 3.94. The number of carbonyl (C=O) groups excluding carboxylic acids is 1. The van der Waals surface area contributed by atoms with Gasteiger partial charge in [-0.3, -0.25) is 4.79 Å². The molecule has 0 spiro atoms. The fraction of sp³-hybridized carbons (Fsp3) is 0.333. The summed E-state index contributed by atoms with van der Waals surface area (Å²) >= 11 is 0. The molecule has 0 bridgehead atoms. The normalized spacial score (nSPS) is 10.0. The molecule has 0 unspecified atom stereocenters. The van der Waals surface area contributed by atoms with Crippen molar-refractivity contribution in [3.63, 3.8) is 0 Å². The Morgan fingerprint density at radius 3 is 2.26 bits per heavy atom. The van der Waals surface area contributed by atoms with Gasteiger partial charge in [0.1, 0.15) is 11.8 Å². The van der Waals surface area contributed by atoms with Crippen LogP contribution in [0.25, 0.3) is 0 Å². The smallest absolute Gasteiger partial charge is 0.224 e. The summed E-state index contributed by atoms with van der Waals surface area (Å²) in [7, 11) is 1.61. The topological polar surface area (TPSA) is 80.6 Å². The fourth-order valence-electron chi connectivity index (χ4n) is 2.56. The lowest BCUT2D eigenvalue weighted by Crippen LogP contribution is -2.14. The number of anilines is 1. The van der Waals surface area contributed by atoms with Gasteiger partial charge in [-0.1, -0.05) is 12.1 Å². The van der Waals surface area contributed by atoms with E-state index in [0.29, 0.717) is 48.8 Å². The molecule has 2 aromatic carbocycles. The highest BCUT2D eigenvalue weighted by Gasteiger charge is 2.14. The standard InChI is InChI=1S/C21H24N2O4/c1-4-26-19-12-16(14-22)18(13-20(19)27-5-2)23-21(24)11-8-15-6-9-17(25-3)10-7-15/h6-7,9-10,12-13H,4-5,8,11H2,1-3H3,(H,23,24). The lowest BCUT2D eigenvalue weighted by Gasteiger charge is -2.14. The molecule has 2 aromatic rings. The fourth-order valence-corrected chi connectivity index (χ4v) is 2.56. The van der Waals surface area contributed by atoms with Crippen LogP contribution in [0, 0.1) is 11.3 Å². The molecule has 6 heteroatoms. The van der Waals surface area contributed by atoms with Crippen molar-refractivity contribution in [2.24, 2.45) is 0 Å². The predicted molar refractivity (Wildman–Crippen MR) is 103 cm³/mol. The molecule has 2 rings (SSSR count). The first-order valence-electron chi connectivity index (χ1n) is 8.87. The maximum atomic E-state index is 12.3. The van der Waals surface area contributed by atoms with Crippen LogP contribution in [0.5, 0.6) is 17.2 Å². The first kappa shape index (κ1) is 20.1. The van der Waals surface area contributed by atoms with Crippen LogP contribution in [0.15, 0.2) is 36.4 Å². The van der Waals surface area contributed by atoms with Gasteiger partial charge in [-0.25, -0.2) is 0 Å². The maximum absolute atomic E-state index is 12.3. The number of aryl methyl sites for hydroxylation is 1. The van der Waals surface area contributed by atoms with Crippen molar-refractivity contribution in [1.29, 1.82) is 5.26 Å². The lowest BCUT2D eigenvalue weighted by molar-refractivity contribution is -0.116. The van der Waals surface area contributed by atoms with E-state index in [-0.39, 0.29) is 5.91 Å². The average Bonchev–Trinajstić information content (AvgIpc) is 2.69. The summed E-state index contributed by atoms with van der Waals surface area (Å²) in [6.45, 7) is 4.63. The molecule has 1 N–H and O–H groups in total. The van der Waals surface area contributed by atoms with Gasteiger partial charge in [0.15, 0.2) is 11.5 Å². The van der Waals surface area contributed by atoms with Crippen LogP contribution in [0.4, 0.5) is 5.69 Å². The molecule has 0 aliphatic rings. The Morgan fingerprint density at radius 2 is 1.70 bits per heavy atom. The number of nitrogens with zero attached hydrogens (tertiary/aromatic N) is 1. The van der Waals surface area contributed by atoms with Crippen LogP contribution in [-0.2, 0) is 11.2 Å². The number of hydrogen-bond donors (Lipinski definition) is 1. The highest BCUT2D eigenvalue weighted by Crippen LogP contribution is 2.33. The zero-order chi connectivity index (χ0) is 19.6. The number of hydrogen-bond acceptors (Lipinski definition) is 5. The molecule has 0 saturated heterocycles. The SMILES string of the molecule is CCOc1cc(C#N)c(NC(=O)CCc2ccc(OC)cc2)cc1OCC. The molecule has 0 saturated carbocycles. The summed E-state index contributed by atoms with van der Waals surface area (Å²) in [6.07, 6.45) is 0.890. The zero-order valence-corrected chi connectivity index (χ0v) is 15.9. The highest BCUT2D eigenvalue weighted by molar-refractivity contribution is 5.92. The van der Waals surface area contributed by atoms with Gasteiger partial charge in [-0.05, 0) is 38.0 Å². The van der Waals surface area contributed by atoms with Crippen LogP contribution in [-0.4, -0.2) is 26.2 Å². The first-order valence-corrected chi connectivity index (χ1v) is 8.87. The van der Waals surface area contributed by atoms with Crippen molar-refractivity contribution >= 4 is 11.6 Å². The Bertz CT molecular complexity index is 810. The summed E-state index contributed by atoms with van der Waals surface area (Å²) in [5.41, 5.74) is 1.79. The lowest BCUT2D eigenvalue weighted by atomic mass is 10.1. The molecule has 0 radical (unpaired) electrons. The van der Waals surface area contributed by atoms with Crippen LogP contribution in [0.1, 0.15) is 31.4 Å². The van der Waals surface area contributed by atoms with Crippen molar-refractivity contribution in [3.8, 4) is 23.3 Å². The number of methoxy groups -OCH3 is 1. The number of amides is 1. The third-order valence-corrected chi connectivity index (χ3v) is 3.88. The second-order valence-electron chi connectivity index (χ2n) is 5.72. The molecular formula is C21H24N2O4. The third-order valence-electron chi connectivity index (χ3n) is 3.88. The zero-order valence-electron chi connectivity index (χ0n) is 15.9. The van der Waals surface area contributed by atoms with E-state index < -0.39 is 0 Å². The van der Waals surface area contributed by atoms with Gasteiger partial charge in [0.2, 0.25) is 5.91 Å². The average molecular weight is 368 g/mol. The van der Waals surface area contributed by atoms with Crippen LogP contribution < -0.4 is 19.5 Å². The molecule has 0 atom stereocenters. The van der Waals surface area contributed by atoms with Gasteiger partial charge >= 0.3 is 0 Å². The monoisotopic (exact) mass is 368 g/mol. The molecule has 0 fully saturated rings. The second-order valence-corrected chi connectivity index (χ2v) is 5.72. The van der Waals surface area contributed by atoms with Crippen LogP contribution in [0.2, 0.25) is 0 Å². The summed E-state index contributed by atoms with van der Waals surface area (Å²) in [5.74, 6) is 1.60. The number of nitrogens with one attached hydrogen (secondary N) is 1. The molecule has 27 heavy (non-hydrogen) atoms. The Hall–Kier alpha value is -3.20. The molecular weight excluding hydrogens is 344 g/mol. The van der Waals surface area contributed by atoms with E-state index in [1.165, 1.54) is 0 Å². The molecule has 0 aromatic heterocycles. The quantitative estimate of drug-likeness (QED) is 0.725. The summed E-state index contributed by atoms with van der Waals surface area (Å²) < 4.78 is 16.2. The van der Waals surface area contributed by atoms with Crippen molar-refractivity contribution < 1.29 is 19.0 Å². The Balaban J connectivity index is 2.08. The van der Waals surface area contributed by atoms with Gasteiger partial charge < -0.3 is 19.5 Å². The molecule has 142 valence electrons. The largest absolute Gasteiger partial charge is 0.497 e. The van der Waals surface area contributed by atoms with Crippen molar-refractivity contribution in [2.45, 2.75) is 26.7 Å². The van der Waals surface area contributed by atoms with E-state index in [0.717, 1.165) is 11.3 Å². The van der Waals surface area contributed by atoms with Crippen molar-refractivity contribution in [2.75, 3.05) is 25.6 Å². The molecule has 6 nitrogen and oxygen atoms in total. The summed E-state index contributed by atoms with van der Waals surface area (Å²) in [6, 6.07) is 12.9. The highest BCUT2D eigenvalue weighted by atomic mass is 16.5. The van der Waals surface area contributed by atoms with Gasteiger partial charge in [0.05, 0.1) is 31.6 Å². The van der Waals surface area contributed by atoms with E-state index in [4.69, 9.17) is 14.2 Å². The summed E-state index contributed by atoms with van der Waals surface area (Å²) in [5, 5.41) is 12.2. The Labute approximate surface area is 159 Å². The minimum absolute atomic E-state index is 0.172. The molecule has 0 aliphatic carbocycles. The number of rotatable bonds is 9. The molecule has 0 aliphatic heterocycles. The minimum atomic E-state index is -0.172. The Kier molecular flexibility index (Phi) is 7.50. The van der Waals surface area contributed by atoms with E-state index in [9.17, 15) is 10.1 Å². The van der Waals surface area contributed by atoms with Gasteiger partial charge in [-0.15, -0.1) is 0 Å². The second kappa shape index (κ2) is 10.1. The number of nitriles is 1.